The van der Waals surface area contributed by atoms with Gasteiger partial charge in [0, 0.05) is 43.6 Å². The molecule has 2 aromatic heterocycles. The number of likely N-dealkylation sites (tertiary alicyclic amines) is 1. The number of hydrogen-bond acceptors (Lipinski definition) is 5. The number of amides is 1. The van der Waals surface area contributed by atoms with Gasteiger partial charge in [-0.25, -0.2) is 10.4 Å². The van der Waals surface area contributed by atoms with E-state index in [9.17, 15) is 4.79 Å². The van der Waals surface area contributed by atoms with Crippen LogP contribution < -0.4 is 10.9 Å². The zero-order valence-electron chi connectivity index (χ0n) is 16.7. The van der Waals surface area contributed by atoms with Gasteiger partial charge in [-0.2, -0.15) is 0 Å². The Morgan fingerprint density at radius 1 is 1.25 bits per heavy atom. The van der Waals surface area contributed by atoms with E-state index in [1.807, 2.05) is 41.7 Å². The Kier molecular flexibility index (Phi) is 5.73. The summed E-state index contributed by atoms with van der Waals surface area (Å²) < 4.78 is 2.17. The van der Waals surface area contributed by atoms with Crippen molar-refractivity contribution in [2.75, 3.05) is 13.1 Å². The van der Waals surface area contributed by atoms with Crippen LogP contribution in [0.15, 0.2) is 36.8 Å². The predicted molar refractivity (Wildman–Crippen MR) is 107 cm³/mol. The van der Waals surface area contributed by atoms with Crippen molar-refractivity contribution >= 4 is 5.91 Å². The minimum absolute atomic E-state index is 0.126. The van der Waals surface area contributed by atoms with Crippen LogP contribution in [-0.2, 0) is 11.3 Å². The van der Waals surface area contributed by atoms with Crippen LogP contribution in [0.2, 0.25) is 0 Å². The standard InChI is InChI=1S/C21H30N6O/c1-15(2)18-12-19(25-24-18)21(28)27-10-5-6-16(13-27)20-23-9-11-26(20)14-17-7-3-4-8-22-17/h3-4,7-9,11,15-16,18-19,24-25H,5-6,10,12-14H2,1-2H3. The van der Waals surface area contributed by atoms with Crippen LogP contribution in [0.25, 0.3) is 0 Å². The van der Waals surface area contributed by atoms with Crippen molar-refractivity contribution < 1.29 is 4.79 Å². The fourth-order valence-corrected chi connectivity index (χ4v) is 4.27. The Labute approximate surface area is 166 Å². The summed E-state index contributed by atoms with van der Waals surface area (Å²) in [5, 5.41) is 0. The van der Waals surface area contributed by atoms with E-state index in [2.05, 4.69) is 39.2 Å². The lowest BCUT2D eigenvalue weighted by molar-refractivity contribution is -0.134. The monoisotopic (exact) mass is 382 g/mol. The second-order valence-corrected chi connectivity index (χ2v) is 8.29. The molecule has 28 heavy (non-hydrogen) atoms. The first kappa shape index (κ1) is 19.1. The third-order valence-corrected chi connectivity index (χ3v) is 5.94. The molecule has 2 fully saturated rings. The summed E-state index contributed by atoms with van der Waals surface area (Å²) in [5.41, 5.74) is 7.51. The van der Waals surface area contributed by atoms with Gasteiger partial charge in [0.2, 0.25) is 5.91 Å². The molecular weight excluding hydrogens is 352 g/mol. The Balaban J connectivity index is 1.42. The quantitative estimate of drug-likeness (QED) is 0.826. The summed E-state index contributed by atoms with van der Waals surface area (Å²) in [5.74, 6) is 2.05. The summed E-state index contributed by atoms with van der Waals surface area (Å²) in [7, 11) is 0. The molecule has 7 heteroatoms. The summed E-state index contributed by atoms with van der Waals surface area (Å²) >= 11 is 0. The Morgan fingerprint density at radius 2 is 2.14 bits per heavy atom. The Hall–Kier alpha value is -2.25. The highest BCUT2D eigenvalue weighted by atomic mass is 16.2. The lowest BCUT2D eigenvalue weighted by Crippen LogP contribution is -2.49. The molecule has 2 aliphatic heterocycles. The van der Waals surface area contributed by atoms with E-state index >= 15 is 0 Å². The highest BCUT2D eigenvalue weighted by molar-refractivity contribution is 5.82. The molecule has 2 N–H and O–H groups in total. The molecule has 0 saturated carbocycles. The summed E-state index contributed by atoms with van der Waals surface area (Å²) in [4.78, 5) is 24.1. The van der Waals surface area contributed by atoms with Gasteiger partial charge in [-0.05, 0) is 37.3 Å². The van der Waals surface area contributed by atoms with Crippen LogP contribution >= 0.6 is 0 Å². The molecule has 0 bridgehead atoms. The van der Waals surface area contributed by atoms with E-state index in [0.717, 1.165) is 43.9 Å². The van der Waals surface area contributed by atoms with Gasteiger partial charge < -0.3 is 9.47 Å². The van der Waals surface area contributed by atoms with Crippen LogP contribution in [-0.4, -0.2) is 50.5 Å². The molecule has 0 spiro atoms. The van der Waals surface area contributed by atoms with E-state index in [1.165, 1.54) is 0 Å². The number of hydrogen-bond donors (Lipinski definition) is 2. The zero-order valence-corrected chi connectivity index (χ0v) is 16.7. The van der Waals surface area contributed by atoms with Crippen LogP contribution in [0.4, 0.5) is 0 Å². The van der Waals surface area contributed by atoms with Crippen LogP contribution in [0, 0.1) is 5.92 Å². The third-order valence-electron chi connectivity index (χ3n) is 5.94. The first-order chi connectivity index (χ1) is 13.6. The number of piperidine rings is 1. The maximum absolute atomic E-state index is 13.0. The normalized spacial score (nSPS) is 25.4. The molecule has 3 atom stereocenters. The molecule has 1 amide bonds. The zero-order chi connectivity index (χ0) is 19.5. The fourth-order valence-electron chi connectivity index (χ4n) is 4.27. The SMILES string of the molecule is CC(C)C1CC(C(=O)N2CCCC(c3nccn3Cc3ccccn3)C2)NN1. The van der Waals surface area contributed by atoms with Crippen molar-refractivity contribution in [3.05, 3.63) is 48.3 Å². The number of rotatable bonds is 5. The Morgan fingerprint density at radius 3 is 2.89 bits per heavy atom. The smallest absolute Gasteiger partial charge is 0.241 e. The molecular formula is C21H30N6O. The van der Waals surface area contributed by atoms with Gasteiger partial charge in [0.15, 0.2) is 0 Å². The summed E-state index contributed by atoms with van der Waals surface area (Å²) in [6.45, 7) is 6.66. The molecule has 4 rings (SSSR count). The second kappa shape index (κ2) is 8.41. The van der Waals surface area contributed by atoms with Crippen molar-refractivity contribution in [1.82, 2.24) is 30.3 Å². The van der Waals surface area contributed by atoms with Crippen LogP contribution in [0.5, 0.6) is 0 Å². The molecule has 2 aromatic rings. The fraction of sp³-hybridized carbons (Fsp3) is 0.571. The molecule has 0 aromatic carbocycles. The molecule has 3 unspecified atom stereocenters. The average molecular weight is 383 g/mol. The number of nitrogens with one attached hydrogen (secondary N) is 2. The minimum atomic E-state index is -0.126. The molecule has 2 aliphatic rings. The van der Waals surface area contributed by atoms with Crippen molar-refractivity contribution in [3.8, 4) is 0 Å². The summed E-state index contributed by atoms with van der Waals surface area (Å²) in [6, 6.07) is 6.20. The average Bonchev–Trinajstić information content (AvgIpc) is 3.38. The van der Waals surface area contributed by atoms with E-state index in [0.29, 0.717) is 18.5 Å². The molecule has 0 radical (unpaired) electrons. The van der Waals surface area contributed by atoms with Crippen molar-refractivity contribution in [2.45, 2.75) is 57.7 Å². The van der Waals surface area contributed by atoms with Crippen molar-refractivity contribution in [1.29, 1.82) is 0 Å². The number of carbonyl (C=O) groups excluding carboxylic acids is 1. The maximum atomic E-state index is 13.0. The van der Waals surface area contributed by atoms with Gasteiger partial charge in [0.1, 0.15) is 11.9 Å². The lowest BCUT2D eigenvalue weighted by Gasteiger charge is -2.34. The van der Waals surface area contributed by atoms with Crippen LogP contribution in [0.1, 0.15) is 50.5 Å². The van der Waals surface area contributed by atoms with E-state index in [4.69, 9.17) is 0 Å². The molecule has 2 saturated heterocycles. The van der Waals surface area contributed by atoms with E-state index in [-0.39, 0.29) is 17.9 Å². The second-order valence-electron chi connectivity index (χ2n) is 8.29. The van der Waals surface area contributed by atoms with Crippen LogP contribution in [0.3, 0.4) is 0 Å². The summed E-state index contributed by atoms with van der Waals surface area (Å²) in [6.07, 6.45) is 8.62. The highest BCUT2D eigenvalue weighted by Gasteiger charge is 2.36. The highest BCUT2D eigenvalue weighted by Crippen LogP contribution is 2.27. The number of aromatic nitrogens is 3. The van der Waals surface area contributed by atoms with Gasteiger partial charge in [0.25, 0.3) is 0 Å². The Bertz CT molecular complexity index is 789. The largest absolute Gasteiger partial charge is 0.341 e. The van der Waals surface area contributed by atoms with E-state index in [1.54, 1.807) is 0 Å². The number of carbonyl (C=O) groups is 1. The molecule has 7 nitrogen and oxygen atoms in total. The molecule has 4 heterocycles. The molecule has 150 valence electrons. The first-order valence-electron chi connectivity index (χ1n) is 10.3. The number of pyridine rings is 1. The van der Waals surface area contributed by atoms with Crippen molar-refractivity contribution in [3.63, 3.8) is 0 Å². The first-order valence-corrected chi connectivity index (χ1v) is 10.3. The number of hydrazine groups is 1. The van der Waals surface area contributed by atoms with Crippen molar-refractivity contribution in [2.24, 2.45) is 5.92 Å². The lowest BCUT2D eigenvalue weighted by atomic mass is 9.95. The van der Waals surface area contributed by atoms with Gasteiger partial charge in [-0.15, -0.1) is 0 Å². The van der Waals surface area contributed by atoms with Gasteiger partial charge in [0.05, 0.1) is 12.2 Å². The topological polar surface area (TPSA) is 75.1 Å². The van der Waals surface area contributed by atoms with Gasteiger partial charge >= 0.3 is 0 Å². The third kappa shape index (κ3) is 4.10. The predicted octanol–water partition coefficient (Wildman–Crippen LogP) is 1.92. The number of nitrogens with zero attached hydrogens (tertiary/aromatic N) is 4. The number of imidazole rings is 1. The molecule has 0 aliphatic carbocycles. The maximum Gasteiger partial charge on any atom is 0.241 e. The van der Waals surface area contributed by atoms with Gasteiger partial charge in [-0.3, -0.25) is 15.2 Å². The van der Waals surface area contributed by atoms with Gasteiger partial charge in [-0.1, -0.05) is 19.9 Å². The van der Waals surface area contributed by atoms with E-state index < -0.39 is 0 Å². The minimum Gasteiger partial charge on any atom is -0.341 e.